The molecule has 1 rings (SSSR count). The average molecular weight is 330 g/mol. The van der Waals surface area contributed by atoms with Gasteiger partial charge in [-0.05, 0) is 42.9 Å². The summed E-state index contributed by atoms with van der Waals surface area (Å²) in [6, 6.07) is 8.21. The van der Waals surface area contributed by atoms with E-state index in [0.29, 0.717) is 12.8 Å². The maximum atomic E-state index is 11.0. The first-order chi connectivity index (χ1) is 11.7. The Balaban J connectivity index is 2.37. The number of rotatable bonds is 10. The third kappa shape index (κ3) is 8.93. The summed E-state index contributed by atoms with van der Waals surface area (Å²) in [5.41, 5.74) is 2.26. The molecule has 1 aromatic carbocycles. The third-order valence-corrected chi connectivity index (χ3v) is 3.49. The van der Waals surface area contributed by atoms with Crippen LogP contribution in [-0.2, 0) is 19.1 Å². The quantitative estimate of drug-likeness (QED) is 0.471. The third-order valence-electron chi connectivity index (χ3n) is 3.49. The van der Waals surface area contributed by atoms with Crippen LogP contribution < -0.4 is 0 Å². The van der Waals surface area contributed by atoms with Crippen LogP contribution in [0.1, 0.15) is 49.7 Å². The van der Waals surface area contributed by atoms with Crippen LogP contribution in [0.4, 0.5) is 0 Å². The number of hydrogen-bond donors (Lipinski definition) is 0. The maximum Gasteiger partial charge on any atom is 0.305 e. The van der Waals surface area contributed by atoms with Gasteiger partial charge in [-0.1, -0.05) is 42.5 Å². The molecule has 0 N–H and O–H groups in total. The van der Waals surface area contributed by atoms with Crippen LogP contribution in [0.3, 0.4) is 0 Å². The molecule has 0 unspecified atom stereocenters. The minimum absolute atomic E-state index is 0.164. The molecule has 0 fully saturated rings. The van der Waals surface area contributed by atoms with Crippen LogP contribution in [0.15, 0.2) is 36.4 Å². The summed E-state index contributed by atoms with van der Waals surface area (Å²) in [7, 11) is 2.82. The average Bonchev–Trinajstić information content (AvgIpc) is 2.61. The summed E-state index contributed by atoms with van der Waals surface area (Å²) in [4.78, 5) is 22.0. The maximum absolute atomic E-state index is 11.0. The molecule has 0 aliphatic rings. The van der Waals surface area contributed by atoms with Gasteiger partial charge in [0.25, 0.3) is 0 Å². The standard InChI is InChI=1S/C20H26O4/c1-23-19(21)14-7-3-5-10-17-12-9-13-18(16-17)11-6-4-8-15-20(22)24-2/h5-6,9-13,16H,3-4,7-8,14-15H2,1-2H3/b10-5+,11-6+. The van der Waals surface area contributed by atoms with E-state index in [1.54, 1.807) is 0 Å². The number of benzene rings is 1. The summed E-state index contributed by atoms with van der Waals surface area (Å²) < 4.78 is 9.22. The van der Waals surface area contributed by atoms with Gasteiger partial charge in [-0.15, -0.1) is 0 Å². The first-order valence-electron chi connectivity index (χ1n) is 8.22. The Bertz CT molecular complexity index is 526. The molecule has 0 bridgehead atoms. The summed E-state index contributed by atoms with van der Waals surface area (Å²) in [5.74, 6) is -0.328. The molecule has 0 atom stereocenters. The van der Waals surface area contributed by atoms with Crippen LogP contribution in [0.25, 0.3) is 12.2 Å². The normalized spacial score (nSPS) is 11.1. The predicted octanol–water partition coefficient (Wildman–Crippen LogP) is 4.40. The SMILES string of the molecule is COC(=O)CCC/C=C/c1cccc(/C=C/CCCC(=O)OC)c1. The molecule has 0 heterocycles. The molecule has 4 nitrogen and oxygen atoms in total. The molecule has 1 aromatic rings. The van der Waals surface area contributed by atoms with Crippen molar-refractivity contribution in [2.75, 3.05) is 14.2 Å². The largest absolute Gasteiger partial charge is 0.469 e. The second-order valence-corrected chi connectivity index (χ2v) is 5.41. The monoisotopic (exact) mass is 330 g/mol. The summed E-state index contributed by atoms with van der Waals surface area (Å²) in [5, 5.41) is 0. The molecule has 0 saturated heterocycles. The number of unbranched alkanes of at least 4 members (excludes halogenated alkanes) is 2. The van der Waals surface area contributed by atoms with Gasteiger partial charge in [0.2, 0.25) is 0 Å². The first-order valence-corrected chi connectivity index (χ1v) is 8.22. The fourth-order valence-electron chi connectivity index (χ4n) is 2.14. The Morgan fingerprint density at radius 1 is 0.875 bits per heavy atom. The molecule has 24 heavy (non-hydrogen) atoms. The smallest absolute Gasteiger partial charge is 0.305 e. The van der Waals surface area contributed by atoms with Crippen molar-refractivity contribution in [1.29, 1.82) is 0 Å². The van der Waals surface area contributed by atoms with Crippen LogP contribution in [0.5, 0.6) is 0 Å². The molecule has 4 heteroatoms. The Kier molecular flexibility index (Phi) is 9.93. The van der Waals surface area contributed by atoms with E-state index in [2.05, 4.69) is 39.8 Å². The van der Waals surface area contributed by atoms with Crippen LogP contribution >= 0.6 is 0 Å². The van der Waals surface area contributed by atoms with Crippen molar-refractivity contribution in [3.05, 3.63) is 47.5 Å². The fourth-order valence-corrected chi connectivity index (χ4v) is 2.14. The van der Waals surface area contributed by atoms with Gasteiger partial charge >= 0.3 is 11.9 Å². The van der Waals surface area contributed by atoms with Gasteiger partial charge < -0.3 is 9.47 Å². The lowest BCUT2D eigenvalue weighted by Crippen LogP contribution is -1.98. The molecule has 0 radical (unpaired) electrons. The van der Waals surface area contributed by atoms with Gasteiger partial charge in [0.05, 0.1) is 14.2 Å². The highest BCUT2D eigenvalue weighted by Gasteiger charge is 1.98. The molecule has 0 amide bonds. The number of carbonyl (C=O) groups excluding carboxylic acids is 2. The highest BCUT2D eigenvalue weighted by molar-refractivity contribution is 5.69. The zero-order chi connectivity index (χ0) is 17.6. The van der Waals surface area contributed by atoms with Crippen LogP contribution in [0, 0.1) is 0 Å². The van der Waals surface area contributed by atoms with Gasteiger partial charge in [-0.2, -0.15) is 0 Å². The van der Waals surface area contributed by atoms with Gasteiger partial charge in [-0.25, -0.2) is 0 Å². The van der Waals surface area contributed by atoms with E-state index in [4.69, 9.17) is 0 Å². The summed E-state index contributed by atoms with van der Waals surface area (Å²) in [6.45, 7) is 0. The van der Waals surface area contributed by atoms with Crippen molar-refractivity contribution in [2.24, 2.45) is 0 Å². The molecule has 0 saturated carbocycles. The molecular formula is C20H26O4. The Morgan fingerprint density at radius 3 is 1.75 bits per heavy atom. The molecule has 0 aliphatic heterocycles. The number of esters is 2. The van der Waals surface area contributed by atoms with Crippen molar-refractivity contribution >= 4 is 24.1 Å². The molecule has 0 aliphatic carbocycles. The van der Waals surface area contributed by atoms with E-state index in [9.17, 15) is 9.59 Å². The zero-order valence-electron chi connectivity index (χ0n) is 14.5. The minimum Gasteiger partial charge on any atom is -0.469 e. The van der Waals surface area contributed by atoms with E-state index in [1.165, 1.54) is 14.2 Å². The second kappa shape index (κ2) is 12.1. The minimum atomic E-state index is -0.164. The Hall–Kier alpha value is -2.36. The van der Waals surface area contributed by atoms with E-state index >= 15 is 0 Å². The lowest BCUT2D eigenvalue weighted by Gasteiger charge is -1.99. The van der Waals surface area contributed by atoms with Gasteiger partial charge in [-0.3, -0.25) is 9.59 Å². The van der Waals surface area contributed by atoms with Crippen molar-refractivity contribution in [2.45, 2.75) is 38.5 Å². The zero-order valence-corrected chi connectivity index (χ0v) is 14.5. The topological polar surface area (TPSA) is 52.6 Å². The van der Waals surface area contributed by atoms with Crippen molar-refractivity contribution in [3.63, 3.8) is 0 Å². The number of hydrogen-bond acceptors (Lipinski definition) is 4. The van der Waals surface area contributed by atoms with E-state index < -0.39 is 0 Å². The summed E-state index contributed by atoms with van der Waals surface area (Å²) >= 11 is 0. The molecular weight excluding hydrogens is 304 g/mol. The second-order valence-electron chi connectivity index (χ2n) is 5.41. The summed E-state index contributed by atoms with van der Waals surface area (Å²) in [6.07, 6.45) is 12.5. The number of methoxy groups -OCH3 is 2. The van der Waals surface area contributed by atoms with Crippen molar-refractivity contribution < 1.29 is 19.1 Å². The van der Waals surface area contributed by atoms with E-state index in [1.807, 2.05) is 18.2 Å². The van der Waals surface area contributed by atoms with E-state index in [0.717, 1.165) is 36.8 Å². The highest BCUT2D eigenvalue weighted by atomic mass is 16.5. The highest BCUT2D eigenvalue weighted by Crippen LogP contribution is 2.11. The molecule has 130 valence electrons. The first kappa shape index (κ1) is 19.7. The fraction of sp³-hybridized carbons (Fsp3) is 0.400. The van der Waals surface area contributed by atoms with Gasteiger partial charge in [0.15, 0.2) is 0 Å². The lowest BCUT2D eigenvalue weighted by molar-refractivity contribution is -0.141. The Labute approximate surface area is 144 Å². The predicted molar refractivity (Wildman–Crippen MR) is 96.2 cm³/mol. The van der Waals surface area contributed by atoms with Crippen molar-refractivity contribution in [1.82, 2.24) is 0 Å². The Morgan fingerprint density at radius 2 is 1.33 bits per heavy atom. The van der Waals surface area contributed by atoms with E-state index in [-0.39, 0.29) is 11.9 Å². The number of carbonyl (C=O) groups is 2. The van der Waals surface area contributed by atoms with Gasteiger partial charge in [0, 0.05) is 12.8 Å². The van der Waals surface area contributed by atoms with Gasteiger partial charge in [0.1, 0.15) is 0 Å². The lowest BCUT2D eigenvalue weighted by atomic mass is 10.1. The number of allylic oxidation sites excluding steroid dienone is 2. The number of ether oxygens (including phenoxy) is 2. The molecule has 0 aromatic heterocycles. The van der Waals surface area contributed by atoms with Crippen molar-refractivity contribution in [3.8, 4) is 0 Å². The van der Waals surface area contributed by atoms with Crippen LogP contribution in [-0.4, -0.2) is 26.2 Å². The van der Waals surface area contributed by atoms with Crippen LogP contribution in [0.2, 0.25) is 0 Å². The molecule has 0 spiro atoms.